The van der Waals surface area contributed by atoms with Crippen LogP contribution in [0.3, 0.4) is 0 Å². The Hall–Kier alpha value is -1.23. The fraction of sp³-hybridized carbons (Fsp3) is 0.444. The summed E-state index contributed by atoms with van der Waals surface area (Å²) in [4.78, 5) is 8.27. The highest BCUT2D eigenvalue weighted by Gasteiger charge is 2.05. The molecule has 0 fully saturated rings. The van der Waals surface area contributed by atoms with Crippen molar-refractivity contribution < 1.29 is 4.74 Å². The first-order valence-electron chi connectivity index (χ1n) is 4.43. The third kappa shape index (κ3) is 2.92. The summed E-state index contributed by atoms with van der Waals surface area (Å²) in [5, 5.41) is 0. The van der Waals surface area contributed by atoms with Crippen LogP contribution in [0.25, 0.3) is 0 Å². The summed E-state index contributed by atoms with van der Waals surface area (Å²) in [5.74, 6) is 0. The number of rotatable bonds is 4. The van der Waals surface area contributed by atoms with Crippen molar-refractivity contribution in [2.24, 2.45) is 5.73 Å². The Morgan fingerprint density at radius 1 is 1.71 bits per heavy atom. The lowest BCUT2D eigenvalue weighted by Crippen LogP contribution is -2.15. The Bertz CT molecular complexity index is 330. The maximum atomic E-state index is 5.43. The van der Waals surface area contributed by atoms with Crippen molar-refractivity contribution in [2.75, 3.05) is 0 Å². The summed E-state index contributed by atoms with van der Waals surface area (Å²) in [7, 11) is 0. The molecule has 0 aliphatic rings. The second kappa shape index (κ2) is 4.85. The minimum Gasteiger partial charge on any atom is -0.460 e. The largest absolute Gasteiger partial charge is 0.460 e. The first-order chi connectivity index (χ1) is 6.63. The number of nitrogens with two attached hydrogens (primary N) is 1. The van der Waals surface area contributed by atoms with E-state index in [2.05, 4.69) is 9.97 Å². The highest BCUT2D eigenvalue weighted by Crippen LogP contribution is 2.06. The van der Waals surface area contributed by atoms with Gasteiger partial charge in [-0.1, -0.05) is 19.1 Å². The molecule has 0 aromatic carbocycles. The molecule has 14 heavy (non-hydrogen) atoms. The average molecular weight is 211 g/mol. The third-order valence-electron chi connectivity index (χ3n) is 1.77. The molecule has 0 saturated carbocycles. The molecule has 5 heteroatoms. The summed E-state index contributed by atoms with van der Waals surface area (Å²) >= 11 is 4.80. The molecular formula is C9H13N3OS. The van der Waals surface area contributed by atoms with Gasteiger partial charge in [0.15, 0.2) is 0 Å². The van der Waals surface area contributed by atoms with E-state index in [1.165, 1.54) is 0 Å². The van der Waals surface area contributed by atoms with Crippen molar-refractivity contribution in [3.05, 3.63) is 18.0 Å². The fourth-order valence-electron chi connectivity index (χ4n) is 0.798. The fourth-order valence-corrected chi connectivity index (χ4v) is 0.912. The van der Waals surface area contributed by atoms with Gasteiger partial charge < -0.3 is 10.5 Å². The third-order valence-corrected chi connectivity index (χ3v) is 1.98. The number of thiocarbonyl (C=S) groups is 1. The van der Waals surface area contributed by atoms with E-state index in [-0.39, 0.29) is 11.1 Å². The Balaban J connectivity index is 2.78. The zero-order chi connectivity index (χ0) is 10.6. The lowest BCUT2D eigenvalue weighted by molar-refractivity contribution is 0.199. The molecule has 2 N–H and O–H groups in total. The quantitative estimate of drug-likeness (QED) is 0.760. The number of hydrogen-bond acceptors (Lipinski definition) is 4. The molecule has 0 aliphatic heterocycles. The standard InChI is InChI=1S/C9H13N3OS/c1-3-6(2)13-9-11-5-4-7(12-9)8(10)14/h4-6H,3H2,1-2H3,(H2,10,14). The molecule has 1 unspecified atom stereocenters. The summed E-state index contributed by atoms with van der Waals surface area (Å²) in [6.45, 7) is 3.99. The summed E-state index contributed by atoms with van der Waals surface area (Å²) in [6, 6.07) is 1.98. The topological polar surface area (TPSA) is 61.0 Å². The van der Waals surface area contributed by atoms with Crippen LogP contribution >= 0.6 is 12.2 Å². The van der Waals surface area contributed by atoms with Gasteiger partial charge in [-0.25, -0.2) is 4.98 Å². The van der Waals surface area contributed by atoms with Crippen molar-refractivity contribution in [2.45, 2.75) is 26.4 Å². The van der Waals surface area contributed by atoms with Crippen LogP contribution in [0.4, 0.5) is 0 Å². The minimum atomic E-state index is 0.0941. The lowest BCUT2D eigenvalue weighted by Gasteiger charge is -2.10. The van der Waals surface area contributed by atoms with Gasteiger partial charge in [-0.2, -0.15) is 4.98 Å². The minimum absolute atomic E-state index is 0.0941. The van der Waals surface area contributed by atoms with Crippen LogP contribution in [0.2, 0.25) is 0 Å². The summed E-state index contributed by atoms with van der Waals surface area (Å²) in [6.07, 6.45) is 2.58. The Morgan fingerprint density at radius 3 is 3.00 bits per heavy atom. The van der Waals surface area contributed by atoms with Crippen molar-refractivity contribution in [1.29, 1.82) is 0 Å². The zero-order valence-electron chi connectivity index (χ0n) is 8.23. The molecule has 1 aromatic heterocycles. The molecule has 1 heterocycles. The Morgan fingerprint density at radius 2 is 2.43 bits per heavy atom. The van der Waals surface area contributed by atoms with Crippen LogP contribution in [0.15, 0.2) is 12.3 Å². The number of nitrogens with zero attached hydrogens (tertiary/aromatic N) is 2. The molecule has 0 spiro atoms. The Labute approximate surface area is 88.5 Å². The second-order valence-corrected chi connectivity index (χ2v) is 3.37. The zero-order valence-corrected chi connectivity index (χ0v) is 9.04. The molecule has 1 aromatic rings. The monoisotopic (exact) mass is 211 g/mol. The van der Waals surface area contributed by atoms with E-state index in [0.717, 1.165) is 6.42 Å². The average Bonchev–Trinajstić information content (AvgIpc) is 2.18. The van der Waals surface area contributed by atoms with Crippen LogP contribution in [0.5, 0.6) is 6.01 Å². The number of hydrogen-bond donors (Lipinski definition) is 1. The van der Waals surface area contributed by atoms with Gasteiger partial charge >= 0.3 is 6.01 Å². The van der Waals surface area contributed by atoms with E-state index in [4.69, 9.17) is 22.7 Å². The van der Waals surface area contributed by atoms with Crippen molar-refractivity contribution >= 4 is 17.2 Å². The van der Waals surface area contributed by atoms with Crippen molar-refractivity contribution in [3.8, 4) is 6.01 Å². The van der Waals surface area contributed by atoms with E-state index >= 15 is 0 Å². The van der Waals surface area contributed by atoms with Crippen molar-refractivity contribution in [3.63, 3.8) is 0 Å². The number of ether oxygens (including phenoxy) is 1. The molecule has 0 aliphatic carbocycles. The molecule has 1 atom stereocenters. The summed E-state index contributed by atoms with van der Waals surface area (Å²) in [5.41, 5.74) is 5.97. The normalized spacial score (nSPS) is 12.1. The van der Waals surface area contributed by atoms with E-state index < -0.39 is 0 Å². The maximum absolute atomic E-state index is 5.43. The van der Waals surface area contributed by atoms with Gasteiger partial charge in [0.05, 0.1) is 6.10 Å². The van der Waals surface area contributed by atoms with Gasteiger partial charge in [-0.3, -0.25) is 0 Å². The van der Waals surface area contributed by atoms with Crippen LogP contribution in [0, 0.1) is 0 Å². The van der Waals surface area contributed by atoms with E-state index in [0.29, 0.717) is 11.7 Å². The van der Waals surface area contributed by atoms with Crippen LogP contribution < -0.4 is 10.5 Å². The van der Waals surface area contributed by atoms with Crippen LogP contribution in [-0.2, 0) is 0 Å². The van der Waals surface area contributed by atoms with Gasteiger partial charge in [0.1, 0.15) is 10.7 Å². The van der Waals surface area contributed by atoms with Gasteiger partial charge in [-0.05, 0) is 19.4 Å². The predicted molar refractivity (Wildman–Crippen MR) is 58.3 cm³/mol. The summed E-state index contributed by atoms with van der Waals surface area (Å²) < 4.78 is 5.42. The smallest absolute Gasteiger partial charge is 0.317 e. The molecule has 0 radical (unpaired) electrons. The highest BCUT2D eigenvalue weighted by molar-refractivity contribution is 7.80. The van der Waals surface area contributed by atoms with Crippen LogP contribution in [0.1, 0.15) is 26.0 Å². The van der Waals surface area contributed by atoms with E-state index in [1.807, 2.05) is 13.8 Å². The van der Waals surface area contributed by atoms with Gasteiger partial charge in [0.2, 0.25) is 0 Å². The highest BCUT2D eigenvalue weighted by atomic mass is 32.1. The van der Waals surface area contributed by atoms with Gasteiger partial charge in [0.25, 0.3) is 0 Å². The molecule has 0 amide bonds. The SMILES string of the molecule is CCC(C)Oc1nccc(C(N)=S)n1. The molecule has 0 bridgehead atoms. The lowest BCUT2D eigenvalue weighted by atomic mass is 10.3. The van der Waals surface area contributed by atoms with Gasteiger partial charge in [-0.15, -0.1) is 0 Å². The molecular weight excluding hydrogens is 198 g/mol. The first-order valence-corrected chi connectivity index (χ1v) is 4.83. The Kier molecular flexibility index (Phi) is 3.76. The molecule has 76 valence electrons. The van der Waals surface area contributed by atoms with Gasteiger partial charge in [0, 0.05) is 6.20 Å². The number of aromatic nitrogens is 2. The van der Waals surface area contributed by atoms with E-state index in [9.17, 15) is 0 Å². The molecule has 1 rings (SSSR count). The predicted octanol–water partition coefficient (Wildman–Crippen LogP) is 1.29. The second-order valence-electron chi connectivity index (χ2n) is 2.93. The van der Waals surface area contributed by atoms with Crippen LogP contribution in [-0.4, -0.2) is 21.1 Å². The molecule has 4 nitrogen and oxygen atoms in total. The maximum Gasteiger partial charge on any atom is 0.317 e. The van der Waals surface area contributed by atoms with E-state index in [1.54, 1.807) is 12.3 Å². The first kappa shape index (κ1) is 10.8. The molecule has 0 saturated heterocycles. The van der Waals surface area contributed by atoms with Crippen molar-refractivity contribution in [1.82, 2.24) is 9.97 Å².